The maximum absolute atomic E-state index is 11.3. The summed E-state index contributed by atoms with van der Waals surface area (Å²) in [7, 11) is 0. The van der Waals surface area contributed by atoms with E-state index in [1.54, 1.807) is 0 Å². The second-order valence-electron chi connectivity index (χ2n) is 3.97. The number of carbonyl (C=O) groups excluding carboxylic acids is 1. The Morgan fingerprint density at radius 3 is 2.75 bits per heavy atom. The quantitative estimate of drug-likeness (QED) is 0.613. The molecule has 0 bridgehead atoms. The van der Waals surface area contributed by atoms with E-state index in [0.29, 0.717) is 6.42 Å². The topological polar surface area (TPSA) is 17.1 Å². The molecule has 0 fully saturated rings. The molecule has 1 nitrogen and oxygen atoms in total. The average molecular weight is 164 g/mol. The molecule has 0 amide bonds. The van der Waals surface area contributed by atoms with Crippen LogP contribution in [0.1, 0.15) is 33.6 Å². The Bertz CT molecular complexity index is 244. The molecule has 0 aromatic carbocycles. The van der Waals surface area contributed by atoms with E-state index in [9.17, 15) is 4.79 Å². The molecular formula is C11H16O. The molecule has 0 aromatic heterocycles. The Morgan fingerprint density at radius 2 is 2.25 bits per heavy atom. The van der Waals surface area contributed by atoms with Crippen molar-refractivity contribution in [3.63, 3.8) is 0 Å². The van der Waals surface area contributed by atoms with Crippen molar-refractivity contribution in [3.8, 4) is 0 Å². The highest BCUT2D eigenvalue weighted by molar-refractivity contribution is 5.98. The van der Waals surface area contributed by atoms with Crippen LogP contribution in [0.15, 0.2) is 23.8 Å². The Kier molecular flexibility index (Phi) is 2.51. The van der Waals surface area contributed by atoms with E-state index in [1.165, 1.54) is 0 Å². The maximum atomic E-state index is 11.3. The predicted molar refractivity (Wildman–Crippen MR) is 50.9 cm³/mol. The normalized spacial score (nSPS) is 20.4. The van der Waals surface area contributed by atoms with E-state index in [1.807, 2.05) is 13.0 Å². The van der Waals surface area contributed by atoms with Gasteiger partial charge in [0.1, 0.15) is 0 Å². The molecule has 0 atom stereocenters. The van der Waals surface area contributed by atoms with Gasteiger partial charge in [-0.05, 0) is 11.8 Å². The van der Waals surface area contributed by atoms with E-state index in [-0.39, 0.29) is 11.2 Å². The Morgan fingerprint density at radius 1 is 1.58 bits per heavy atom. The van der Waals surface area contributed by atoms with Crippen LogP contribution in [0.2, 0.25) is 0 Å². The molecule has 1 aliphatic carbocycles. The van der Waals surface area contributed by atoms with E-state index in [0.717, 1.165) is 12.0 Å². The first-order valence-corrected chi connectivity index (χ1v) is 4.48. The molecule has 0 saturated carbocycles. The molecule has 0 aliphatic heterocycles. The van der Waals surface area contributed by atoms with Gasteiger partial charge in [-0.2, -0.15) is 0 Å². The van der Waals surface area contributed by atoms with Gasteiger partial charge in [-0.3, -0.25) is 4.79 Å². The third kappa shape index (κ3) is 2.07. The summed E-state index contributed by atoms with van der Waals surface area (Å²) in [6, 6.07) is 0. The number of ketones is 1. The van der Waals surface area contributed by atoms with E-state index in [2.05, 4.69) is 26.0 Å². The van der Waals surface area contributed by atoms with Gasteiger partial charge in [-0.25, -0.2) is 0 Å². The molecule has 0 heterocycles. The lowest BCUT2D eigenvalue weighted by Crippen LogP contribution is -2.13. The van der Waals surface area contributed by atoms with E-state index < -0.39 is 0 Å². The van der Waals surface area contributed by atoms with Gasteiger partial charge < -0.3 is 0 Å². The first-order chi connectivity index (χ1) is 5.55. The van der Waals surface area contributed by atoms with Crippen LogP contribution in [-0.2, 0) is 4.79 Å². The second kappa shape index (κ2) is 3.26. The Labute approximate surface area is 74.2 Å². The molecule has 0 saturated heterocycles. The Hall–Kier alpha value is -0.850. The lowest BCUT2D eigenvalue weighted by atomic mass is 9.82. The van der Waals surface area contributed by atoms with Crippen molar-refractivity contribution in [2.24, 2.45) is 5.41 Å². The maximum Gasteiger partial charge on any atom is 0.162 e. The third-order valence-corrected chi connectivity index (χ3v) is 2.13. The number of rotatable bonds is 2. The largest absolute Gasteiger partial charge is 0.294 e. The lowest BCUT2D eigenvalue weighted by molar-refractivity contribution is -0.115. The van der Waals surface area contributed by atoms with Gasteiger partial charge >= 0.3 is 0 Å². The van der Waals surface area contributed by atoms with Crippen LogP contribution in [0, 0.1) is 5.41 Å². The van der Waals surface area contributed by atoms with E-state index in [4.69, 9.17) is 0 Å². The van der Waals surface area contributed by atoms with Crippen molar-refractivity contribution in [3.05, 3.63) is 23.8 Å². The summed E-state index contributed by atoms with van der Waals surface area (Å²) in [6.45, 7) is 6.21. The van der Waals surface area contributed by atoms with Gasteiger partial charge in [0, 0.05) is 12.0 Å². The lowest BCUT2D eigenvalue weighted by Gasteiger charge is -2.22. The Balaban J connectivity index is 2.84. The first-order valence-electron chi connectivity index (χ1n) is 4.48. The summed E-state index contributed by atoms with van der Waals surface area (Å²) in [5, 5.41) is 0. The van der Waals surface area contributed by atoms with Crippen molar-refractivity contribution in [2.75, 3.05) is 0 Å². The molecule has 1 heteroatoms. The van der Waals surface area contributed by atoms with Gasteiger partial charge in [0.05, 0.1) is 0 Å². The predicted octanol–water partition coefficient (Wildman–Crippen LogP) is 2.88. The van der Waals surface area contributed by atoms with Crippen molar-refractivity contribution < 1.29 is 4.79 Å². The monoisotopic (exact) mass is 164 g/mol. The number of carbonyl (C=O) groups is 1. The second-order valence-corrected chi connectivity index (χ2v) is 3.97. The summed E-state index contributed by atoms with van der Waals surface area (Å²) in [6.07, 6.45) is 7.75. The number of Topliss-reactive ketones (excluding diaryl/α,β-unsaturated/α-hetero) is 1. The van der Waals surface area contributed by atoms with Crippen LogP contribution < -0.4 is 0 Å². The van der Waals surface area contributed by atoms with Crippen LogP contribution in [-0.4, -0.2) is 5.78 Å². The van der Waals surface area contributed by atoms with Crippen LogP contribution in [0.3, 0.4) is 0 Å². The van der Waals surface area contributed by atoms with Crippen molar-refractivity contribution in [2.45, 2.75) is 33.6 Å². The fourth-order valence-corrected chi connectivity index (χ4v) is 1.40. The summed E-state index contributed by atoms with van der Waals surface area (Å²) in [5.74, 6) is 0.249. The smallest absolute Gasteiger partial charge is 0.162 e. The van der Waals surface area contributed by atoms with Gasteiger partial charge in [0.2, 0.25) is 0 Å². The summed E-state index contributed by atoms with van der Waals surface area (Å²) in [4.78, 5) is 11.3. The standard InChI is InChI=1S/C11H16O/c1-4-10(12)9-6-5-7-11(2,3)8-9/h5-6,8H,4,7H2,1-3H3. The molecule has 1 rings (SSSR count). The highest BCUT2D eigenvalue weighted by Crippen LogP contribution is 2.29. The van der Waals surface area contributed by atoms with Crippen LogP contribution in [0.5, 0.6) is 0 Å². The van der Waals surface area contributed by atoms with Crippen molar-refractivity contribution in [1.29, 1.82) is 0 Å². The highest BCUT2D eigenvalue weighted by atomic mass is 16.1. The molecule has 0 spiro atoms. The van der Waals surface area contributed by atoms with Crippen LogP contribution in [0.4, 0.5) is 0 Å². The molecule has 1 aliphatic rings. The van der Waals surface area contributed by atoms with Gasteiger partial charge in [0.15, 0.2) is 5.78 Å². The summed E-state index contributed by atoms with van der Waals surface area (Å²) < 4.78 is 0. The number of hydrogen-bond acceptors (Lipinski definition) is 1. The fraction of sp³-hybridized carbons (Fsp3) is 0.545. The number of hydrogen-bond donors (Lipinski definition) is 0. The van der Waals surface area contributed by atoms with Crippen LogP contribution >= 0.6 is 0 Å². The molecular weight excluding hydrogens is 148 g/mol. The SMILES string of the molecule is CCC(=O)C1=CC(C)(C)CC=C1. The molecule has 0 radical (unpaired) electrons. The molecule has 12 heavy (non-hydrogen) atoms. The minimum Gasteiger partial charge on any atom is -0.294 e. The molecule has 0 unspecified atom stereocenters. The zero-order valence-electron chi connectivity index (χ0n) is 8.05. The average Bonchev–Trinajstić information content (AvgIpc) is 2.01. The van der Waals surface area contributed by atoms with Gasteiger partial charge in [0.25, 0.3) is 0 Å². The first kappa shape index (κ1) is 9.24. The number of allylic oxidation sites excluding steroid dienone is 4. The summed E-state index contributed by atoms with van der Waals surface area (Å²) in [5.41, 5.74) is 1.04. The fourth-order valence-electron chi connectivity index (χ4n) is 1.40. The minimum atomic E-state index is 0.162. The highest BCUT2D eigenvalue weighted by Gasteiger charge is 2.18. The molecule has 0 aromatic rings. The molecule has 66 valence electrons. The van der Waals surface area contributed by atoms with Crippen molar-refractivity contribution >= 4 is 5.78 Å². The third-order valence-electron chi connectivity index (χ3n) is 2.13. The van der Waals surface area contributed by atoms with E-state index >= 15 is 0 Å². The van der Waals surface area contributed by atoms with Crippen LogP contribution in [0.25, 0.3) is 0 Å². The van der Waals surface area contributed by atoms with Gasteiger partial charge in [-0.1, -0.05) is 39.0 Å². The zero-order chi connectivity index (χ0) is 9.19. The zero-order valence-corrected chi connectivity index (χ0v) is 8.05. The van der Waals surface area contributed by atoms with Gasteiger partial charge in [-0.15, -0.1) is 0 Å². The minimum absolute atomic E-state index is 0.162. The molecule has 0 N–H and O–H groups in total. The van der Waals surface area contributed by atoms with Crippen molar-refractivity contribution in [1.82, 2.24) is 0 Å². The summed E-state index contributed by atoms with van der Waals surface area (Å²) >= 11 is 0.